The van der Waals surface area contributed by atoms with E-state index in [-0.39, 0.29) is 5.82 Å². The van der Waals surface area contributed by atoms with Crippen LogP contribution in [-0.2, 0) is 11.2 Å². The average Bonchev–Trinajstić information content (AvgIpc) is 2.79. The molecule has 1 aliphatic carbocycles. The Morgan fingerprint density at radius 2 is 2.10 bits per heavy atom. The molecule has 0 spiro atoms. The van der Waals surface area contributed by atoms with Gasteiger partial charge in [0.2, 0.25) is 0 Å². The molecule has 0 aliphatic heterocycles. The van der Waals surface area contributed by atoms with Gasteiger partial charge in [-0.15, -0.1) is 11.3 Å². The summed E-state index contributed by atoms with van der Waals surface area (Å²) in [4.78, 5) is 13.4. The van der Waals surface area contributed by atoms with Crippen LogP contribution in [0.2, 0.25) is 0 Å². The summed E-state index contributed by atoms with van der Waals surface area (Å²) in [5, 5.41) is 0.462. The van der Waals surface area contributed by atoms with Crippen LogP contribution < -0.4 is 5.73 Å². The van der Waals surface area contributed by atoms with Crippen molar-refractivity contribution in [3.05, 3.63) is 40.0 Å². The zero-order chi connectivity index (χ0) is 15.4. The molecule has 0 radical (unpaired) electrons. The molecule has 0 amide bonds. The lowest BCUT2D eigenvalue weighted by molar-refractivity contribution is 0.00722. The summed E-state index contributed by atoms with van der Waals surface area (Å²) in [6.07, 6.45) is 0.611. The molecule has 0 fully saturated rings. The topological polar surface area (TPSA) is 52.3 Å². The maximum Gasteiger partial charge on any atom is 0.342 e. The number of nitrogens with two attached hydrogens (primary N) is 1. The third-order valence-corrected chi connectivity index (χ3v) is 4.32. The van der Waals surface area contributed by atoms with Gasteiger partial charge >= 0.3 is 5.97 Å². The standard InChI is InChI=1S/C16H16FNO2S/c1-16(2,3)20-15(19)13-12-10-5-4-9(17)6-8(10)7-11(12)21-14(13)18/h4-6H,7,18H2,1-3H3. The van der Waals surface area contributed by atoms with Gasteiger partial charge in [0.15, 0.2) is 0 Å². The monoisotopic (exact) mass is 305 g/mol. The van der Waals surface area contributed by atoms with Crippen LogP contribution in [0.25, 0.3) is 11.1 Å². The van der Waals surface area contributed by atoms with E-state index >= 15 is 0 Å². The largest absolute Gasteiger partial charge is 0.456 e. The van der Waals surface area contributed by atoms with Crippen LogP contribution >= 0.6 is 11.3 Å². The molecule has 2 N–H and O–H groups in total. The van der Waals surface area contributed by atoms with Gasteiger partial charge in [-0.25, -0.2) is 9.18 Å². The smallest absolute Gasteiger partial charge is 0.342 e. The number of thiophene rings is 1. The summed E-state index contributed by atoms with van der Waals surface area (Å²) < 4.78 is 18.8. The number of hydrogen-bond acceptors (Lipinski definition) is 4. The molecule has 110 valence electrons. The minimum absolute atomic E-state index is 0.268. The van der Waals surface area contributed by atoms with Crippen LogP contribution in [0, 0.1) is 5.82 Å². The molecule has 3 nitrogen and oxygen atoms in total. The first kappa shape index (κ1) is 14.1. The quantitative estimate of drug-likeness (QED) is 0.691. The number of nitrogen functional groups attached to an aromatic ring is 1. The molecule has 0 unspecified atom stereocenters. The Kier molecular flexibility index (Phi) is 3.06. The van der Waals surface area contributed by atoms with E-state index in [0.29, 0.717) is 17.0 Å². The second kappa shape index (κ2) is 4.56. The second-order valence-electron chi connectivity index (χ2n) is 6.12. The average molecular weight is 305 g/mol. The summed E-state index contributed by atoms with van der Waals surface area (Å²) in [5.74, 6) is -0.689. The number of carbonyl (C=O) groups is 1. The Morgan fingerprint density at radius 3 is 2.76 bits per heavy atom. The molecular weight excluding hydrogens is 289 g/mol. The number of hydrogen-bond donors (Lipinski definition) is 1. The number of esters is 1. The minimum atomic E-state index is -0.581. The highest BCUT2D eigenvalue weighted by Crippen LogP contribution is 2.47. The van der Waals surface area contributed by atoms with Crippen LogP contribution in [0.15, 0.2) is 18.2 Å². The van der Waals surface area contributed by atoms with Crippen LogP contribution in [0.5, 0.6) is 0 Å². The highest BCUT2D eigenvalue weighted by Gasteiger charge is 2.32. The number of benzene rings is 1. The van der Waals surface area contributed by atoms with E-state index in [4.69, 9.17) is 10.5 Å². The molecule has 0 atom stereocenters. The Bertz CT molecular complexity index is 743. The molecule has 1 heterocycles. The maximum absolute atomic E-state index is 13.3. The van der Waals surface area contributed by atoms with Crippen LogP contribution in [0.3, 0.4) is 0 Å². The van der Waals surface area contributed by atoms with Gasteiger partial charge in [0, 0.05) is 16.9 Å². The maximum atomic E-state index is 13.3. The van der Waals surface area contributed by atoms with E-state index in [2.05, 4.69) is 0 Å². The van der Waals surface area contributed by atoms with Crippen molar-refractivity contribution in [2.75, 3.05) is 5.73 Å². The molecule has 5 heteroatoms. The first-order valence-electron chi connectivity index (χ1n) is 6.69. The Labute approximate surface area is 126 Å². The Balaban J connectivity index is 2.10. The van der Waals surface area contributed by atoms with E-state index in [9.17, 15) is 9.18 Å². The van der Waals surface area contributed by atoms with Crippen LogP contribution in [0.1, 0.15) is 41.6 Å². The molecule has 0 saturated carbocycles. The zero-order valence-corrected chi connectivity index (χ0v) is 12.9. The van der Waals surface area contributed by atoms with E-state index in [1.54, 1.807) is 6.07 Å². The summed E-state index contributed by atoms with van der Waals surface area (Å²) in [7, 11) is 0. The molecule has 1 aromatic carbocycles. The molecule has 2 aromatic rings. The zero-order valence-electron chi connectivity index (χ0n) is 12.1. The van der Waals surface area contributed by atoms with Gasteiger partial charge in [-0.05, 0) is 44.0 Å². The van der Waals surface area contributed by atoms with E-state index in [1.165, 1.54) is 23.5 Å². The van der Waals surface area contributed by atoms with Gasteiger partial charge < -0.3 is 10.5 Å². The fourth-order valence-corrected chi connectivity index (χ4v) is 3.66. The molecule has 21 heavy (non-hydrogen) atoms. The van der Waals surface area contributed by atoms with Crippen molar-refractivity contribution in [3.8, 4) is 11.1 Å². The van der Waals surface area contributed by atoms with Crippen LogP contribution in [0.4, 0.5) is 9.39 Å². The SMILES string of the molecule is CC(C)(C)OC(=O)c1c(N)sc2c1-c1ccc(F)cc1C2. The van der Waals surface area contributed by atoms with Crippen molar-refractivity contribution >= 4 is 22.3 Å². The minimum Gasteiger partial charge on any atom is -0.456 e. The van der Waals surface area contributed by atoms with Crippen molar-refractivity contribution in [3.63, 3.8) is 0 Å². The van der Waals surface area contributed by atoms with Gasteiger partial charge in [0.05, 0.1) is 0 Å². The van der Waals surface area contributed by atoms with Gasteiger partial charge in [0.25, 0.3) is 0 Å². The Hall–Kier alpha value is -1.88. The fourth-order valence-electron chi connectivity index (χ4n) is 2.56. The van der Waals surface area contributed by atoms with E-state index in [1.807, 2.05) is 20.8 Å². The lowest BCUT2D eigenvalue weighted by Gasteiger charge is -2.20. The normalized spacial score (nSPS) is 13.0. The number of anilines is 1. The molecule has 1 aliphatic rings. The lowest BCUT2D eigenvalue weighted by atomic mass is 10.0. The van der Waals surface area contributed by atoms with Crippen molar-refractivity contribution in [2.45, 2.75) is 32.8 Å². The van der Waals surface area contributed by atoms with Crippen molar-refractivity contribution < 1.29 is 13.9 Å². The molecule has 1 aromatic heterocycles. The Morgan fingerprint density at radius 1 is 1.38 bits per heavy atom. The van der Waals surface area contributed by atoms with Gasteiger partial charge in [-0.2, -0.15) is 0 Å². The number of rotatable bonds is 1. The highest BCUT2D eigenvalue weighted by molar-refractivity contribution is 7.17. The fraction of sp³-hybridized carbons (Fsp3) is 0.312. The number of ether oxygens (including phenoxy) is 1. The predicted molar refractivity (Wildman–Crippen MR) is 82.1 cm³/mol. The van der Waals surface area contributed by atoms with Crippen LogP contribution in [-0.4, -0.2) is 11.6 Å². The lowest BCUT2D eigenvalue weighted by Crippen LogP contribution is -2.24. The molecule has 0 bridgehead atoms. The predicted octanol–water partition coefficient (Wildman–Crippen LogP) is 4.00. The van der Waals surface area contributed by atoms with Gasteiger partial charge in [-0.3, -0.25) is 0 Å². The molecular formula is C16H16FNO2S. The number of fused-ring (bicyclic) bond motifs is 3. The van der Waals surface area contributed by atoms with Crippen molar-refractivity contribution in [2.24, 2.45) is 0 Å². The first-order valence-corrected chi connectivity index (χ1v) is 7.51. The molecule has 3 rings (SSSR count). The molecule has 0 saturated heterocycles. The first-order chi connectivity index (χ1) is 9.76. The third kappa shape index (κ3) is 2.42. The summed E-state index contributed by atoms with van der Waals surface area (Å²) in [6.45, 7) is 5.45. The summed E-state index contributed by atoms with van der Waals surface area (Å²) in [5.41, 5.74) is 8.41. The summed E-state index contributed by atoms with van der Waals surface area (Å²) in [6, 6.07) is 4.62. The second-order valence-corrected chi connectivity index (χ2v) is 7.26. The van der Waals surface area contributed by atoms with Gasteiger partial charge in [0.1, 0.15) is 22.0 Å². The van der Waals surface area contributed by atoms with Crippen molar-refractivity contribution in [1.29, 1.82) is 0 Å². The highest BCUT2D eigenvalue weighted by atomic mass is 32.1. The van der Waals surface area contributed by atoms with E-state index < -0.39 is 11.6 Å². The number of carbonyl (C=O) groups excluding carboxylic acids is 1. The van der Waals surface area contributed by atoms with Gasteiger partial charge in [-0.1, -0.05) is 6.07 Å². The van der Waals surface area contributed by atoms with E-state index in [0.717, 1.165) is 21.6 Å². The summed E-state index contributed by atoms with van der Waals surface area (Å²) >= 11 is 1.37. The third-order valence-electron chi connectivity index (χ3n) is 3.30. The van der Waals surface area contributed by atoms with Crippen molar-refractivity contribution in [1.82, 2.24) is 0 Å². The number of halogens is 1.